The van der Waals surface area contributed by atoms with Crippen LogP contribution >= 0.6 is 0 Å². The molecule has 5 rings (SSSR count). The van der Waals surface area contributed by atoms with Gasteiger partial charge < -0.3 is 19.5 Å². The molecule has 3 aromatic heterocycles. The summed E-state index contributed by atoms with van der Waals surface area (Å²) in [7, 11) is 1.66. The Kier molecular flexibility index (Phi) is 5.88. The van der Waals surface area contributed by atoms with Crippen LogP contribution in [0.15, 0.2) is 30.5 Å². The summed E-state index contributed by atoms with van der Waals surface area (Å²) in [4.78, 5) is 16.7. The maximum Gasteiger partial charge on any atom is 0.335 e. The lowest BCUT2D eigenvalue weighted by atomic mass is 9.73. The zero-order valence-corrected chi connectivity index (χ0v) is 20.9. The van der Waals surface area contributed by atoms with E-state index in [0.29, 0.717) is 30.7 Å². The maximum absolute atomic E-state index is 14.3. The van der Waals surface area contributed by atoms with Crippen LogP contribution in [0.25, 0.3) is 27.8 Å². The van der Waals surface area contributed by atoms with Crippen LogP contribution in [-0.2, 0) is 14.9 Å². The number of aliphatic hydroxyl groups is 1. The lowest BCUT2D eigenvalue weighted by molar-refractivity contribution is -0.162. The second-order valence-corrected chi connectivity index (χ2v) is 10.6. The van der Waals surface area contributed by atoms with Crippen molar-refractivity contribution in [2.75, 3.05) is 13.7 Å². The van der Waals surface area contributed by atoms with Crippen LogP contribution in [-0.4, -0.2) is 55.2 Å². The number of aryl methyl sites for hydroxylation is 1. The number of aromatic nitrogens is 4. The number of rotatable bonds is 6. The molecule has 190 valence electrons. The number of methoxy groups -OCH3 is 1. The number of aromatic amines is 1. The molecule has 4 aromatic rings. The molecule has 1 saturated carbocycles. The van der Waals surface area contributed by atoms with Crippen molar-refractivity contribution in [1.82, 2.24) is 19.7 Å². The number of carboxylic acid groups (broad SMARTS) is 1. The van der Waals surface area contributed by atoms with Gasteiger partial charge in [0.1, 0.15) is 5.82 Å². The summed E-state index contributed by atoms with van der Waals surface area (Å²) in [6, 6.07) is 7.10. The van der Waals surface area contributed by atoms with E-state index in [2.05, 4.69) is 28.6 Å². The van der Waals surface area contributed by atoms with Gasteiger partial charge in [-0.25, -0.2) is 14.2 Å². The van der Waals surface area contributed by atoms with Gasteiger partial charge in [-0.2, -0.15) is 5.10 Å². The molecule has 1 aromatic carbocycles. The minimum Gasteiger partial charge on any atom is -0.479 e. The number of nitrogens with one attached hydrogen (secondary N) is 1. The van der Waals surface area contributed by atoms with Crippen molar-refractivity contribution in [2.24, 2.45) is 0 Å². The Labute approximate surface area is 208 Å². The lowest BCUT2D eigenvalue weighted by Crippen LogP contribution is -2.42. The van der Waals surface area contributed by atoms with Gasteiger partial charge in [0.25, 0.3) is 0 Å². The molecular weight excluding hydrogens is 463 g/mol. The lowest BCUT2D eigenvalue weighted by Gasteiger charge is -2.35. The van der Waals surface area contributed by atoms with Crippen LogP contribution < -0.4 is 0 Å². The average molecular weight is 495 g/mol. The van der Waals surface area contributed by atoms with Gasteiger partial charge in [-0.05, 0) is 68.4 Å². The van der Waals surface area contributed by atoms with Gasteiger partial charge in [0.05, 0.1) is 23.8 Å². The van der Waals surface area contributed by atoms with Crippen LogP contribution in [0.4, 0.5) is 4.39 Å². The van der Waals surface area contributed by atoms with E-state index in [1.165, 1.54) is 6.07 Å². The van der Waals surface area contributed by atoms with Gasteiger partial charge in [0.2, 0.25) is 0 Å². The largest absolute Gasteiger partial charge is 0.479 e. The normalized spacial score (nSPS) is 20.9. The first-order valence-corrected chi connectivity index (χ1v) is 12.2. The van der Waals surface area contributed by atoms with Gasteiger partial charge in [-0.3, -0.25) is 5.10 Å². The second kappa shape index (κ2) is 8.67. The van der Waals surface area contributed by atoms with Crippen molar-refractivity contribution < 1.29 is 24.1 Å². The molecule has 3 heterocycles. The van der Waals surface area contributed by atoms with Crippen LogP contribution in [0.3, 0.4) is 0 Å². The molecule has 9 heteroatoms. The topological polar surface area (TPSA) is 113 Å². The number of aliphatic carboxylic acids is 1. The zero-order chi connectivity index (χ0) is 25.8. The fourth-order valence-corrected chi connectivity index (χ4v) is 5.71. The summed E-state index contributed by atoms with van der Waals surface area (Å²) in [5.41, 5.74) is 3.49. The number of benzene rings is 1. The van der Waals surface area contributed by atoms with Gasteiger partial charge >= 0.3 is 5.97 Å². The monoisotopic (exact) mass is 494 g/mol. The number of hydrogen-bond acceptors (Lipinski definition) is 5. The second-order valence-electron chi connectivity index (χ2n) is 10.6. The van der Waals surface area contributed by atoms with E-state index in [4.69, 9.17) is 9.72 Å². The number of H-pyrrole nitrogens is 1. The van der Waals surface area contributed by atoms with Crippen molar-refractivity contribution in [3.05, 3.63) is 53.1 Å². The van der Waals surface area contributed by atoms with E-state index in [1.54, 1.807) is 26.3 Å². The molecule has 0 saturated heterocycles. The molecular formula is C27H31FN4O4. The van der Waals surface area contributed by atoms with Crippen LogP contribution in [0.2, 0.25) is 0 Å². The summed E-state index contributed by atoms with van der Waals surface area (Å²) in [6.07, 6.45) is 3.05. The zero-order valence-electron chi connectivity index (χ0n) is 20.9. The summed E-state index contributed by atoms with van der Waals surface area (Å²) in [5.74, 6) is -1.47. The van der Waals surface area contributed by atoms with Gasteiger partial charge in [-0.15, -0.1) is 0 Å². The van der Waals surface area contributed by atoms with E-state index in [9.17, 15) is 19.4 Å². The number of halogens is 1. The Bertz CT molecular complexity index is 1460. The number of hydrogen-bond donors (Lipinski definition) is 3. The van der Waals surface area contributed by atoms with Crippen LogP contribution in [0.5, 0.6) is 0 Å². The molecule has 0 atom stereocenters. The van der Waals surface area contributed by atoms with E-state index in [-0.39, 0.29) is 24.6 Å². The smallest absolute Gasteiger partial charge is 0.335 e. The molecule has 0 radical (unpaired) electrons. The van der Waals surface area contributed by atoms with Gasteiger partial charge in [-0.1, -0.05) is 13.8 Å². The predicted octanol–water partition coefficient (Wildman–Crippen LogP) is 4.75. The fraction of sp³-hybridized carbons (Fsp3) is 0.444. The van der Waals surface area contributed by atoms with Crippen molar-refractivity contribution >= 4 is 28.0 Å². The molecule has 1 fully saturated rings. The maximum atomic E-state index is 14.3. The Morgan fingerprint density at radius 1 is 1.31 bits per heavy atom. The SMILES string of the molecule is COCC(C)(C)c1c([C@H]2CC[C@](O)(C(=O)O)CC2)c2nc3[nH]ncc3cc2n1-c1ccc(F)c(C)c1. The van der Waals surface area contributed by atoms with E-state index >= 15 is 0 Å². The number of carbonyl (C=O) groups is 1. The average Bonchev–Trinajstić information content (AvgIpc) is 3.42. The van der Waals surface area contributed by atoms with Gasteiger partial charge in [0.15, 0.2) is 11.2 Å². The highest BCUT2D eigenvalue weighted by Gasteiger charge is 2.43. The number of fused-ring (bicyclic) bond motifs is 2. The first-order chi connectivity index (χ1) is 17.1. The minimum atomic E-state index is -1.71. The molecule has 0 bridgehead atoms. The Hall–Kier alpha value is -3.30. The van der Waals surface area contributed by atoms with Crippen molar-refractivity contribution in [3.63, 3.8) is 0 Å². The van der Waals surface area contributed by atoms with Crippen LogP contribution in [0.1, 0.15) is 62.3 Å². The summed E-state index contributed by atoms with van der Waals surface area (Å²) < 4.78 is 22.0. The molecule has 1 aliphatic carbocycles. The van der Waals surface area contributed by atoms with E-state index < -0.39 is 17.0 Å². The van der Waals surface area contributed by atoms with Gasteiger partial charge in [0, 0.05) is 34.9 Å². The number of nitrogens with zero attached hydrogens (tertiary/aromatic N) is 3. The highest BCUT2D eigenvalue weighted by atomic mass is 19.1. The van der Waals surface area contributed by atoms with Crippen molar-refractivity contribution in [3.8, 4) is 5.69 Å². The molecule has 3 N–H and O–H groups in total. The first-order valence-electron chi connectivity index (χ1n) is 12.2. The predicted molar refractivity (Wildman–Crippen MR) is 134 cm³/mol. The van der Waals surface area contributed by atoms with Crippen molar-refractivity contribution in [1.29, 1.82) is 0 Å². The van der Waals surface area contributed by atoms with Crippen molar-refractivity contribution in [2.45, 2.75) is 63.4 Å². The third kappa shape index (κ3) is 3.87. The molecule has 0 aliphatic heterocycles. The van der Waals surface area contributed by atoms with E-state index in [1.807, 2.05) is 12.1 Å². The number of ether oxygens (including phenoxy) is 1. The standard InChI is InChI=1S/C27H31FN4O4/c1-15-11-18(5-6-19(15)28)32-20-12-17-13-29-31-24(17)30-22(20)21(23(32)26(2,3)14-36-4)16-7-9-27(35,10-8-16)25(33)34/h5-6,11-13,16,35H,7-10,14H2,1-4H3,(H,33,34)(H,29,30,31)/t16-,27+. The minimum absolute atomic E-state index is 0.0195. The quantitative estimate of drug-likeness (QED) is 0.357. The Balaban J connectivity index is 1.82. The fourth-order valence-electron chi connectivity index (χ4n) is 5.71. The number of carboxylic acids is 1. The molecule has 0 spiro atoms. The van der Waals surface area contributed by atoms with Crippen LogP contribution in [0, 0.1) is 12.7 Å². The molecule has 36 heavy (non-hydrogen) atoms. The third-order valence-electron chi connectivity index (χ3n) is 7.55. The molecule has 8 nitrogen and oxygen atoms in total. The Morgan fingerprint density at radius 3 is 2.67 bits per heavy atom. The summed E-state index contributed by atoms with van der Waals surface area (Å²) in [6.45, 7) is 6.38. The number of pyridine rings is 1. The molecule has 1 aliphatic rings. The molecule has 0 unspecified atom stereocenters. The summed E-state index contributed by atoms with van der Waals surface area (Å²) in [5, 5.41) is 28.1. The Morgan fingerprint density at radius 2 is 2.03 bits per heavy atom. The third-order valence-corrected chi connectivity index (χ3v) is 7.55. The summed E-state index contributed by atoms with van der Waals surface area (Å²) >= 11 is 0. The highest BCUT2D eigenvalue weighted by molar-refractivity contribution is 5.94. The first kappa shape index (κ1) is 24.4. The highest BCUT2D eigenvalue weighted by Crippen LogP contribution is 2.47. The van der Waals surface area contributed by atoms with E-state index in [0.717, 1.165) is 33.4 Å². The molecule has 0 amide bonds.